The van der Waals surface area contributed by atoms with Crippen LogP contribution in [0.15, 0.2) is 67.1 Å². The molecule has 0 atom stereocenters. The highest BCUT2D eigenvalue weighted by Crippen LogP contribution is 2.33. The van der Waals surface area contributed by atoms with Gasteiger partial charge in [-0.1, -0.05) is 6.07 Å². The van der Waals surface area contributed by atoms with E-state index in [1.54, 1.807) is 24.5 Å². The van der Waals surface area contributed by atoms with E-state index in [9.17, 15) is 4.79 Å². The number of H-pyrrole nitrogens is 1. The van der Waals surface area contributed by atoms with E-state index in [0.717, 1.165) is 22.3 Å². The van der Waals surface area contributed by atoms with E-state index in [1.165, 1.54) is 0 Å². The van der Waals surface area contributed by atoms with Crippen molar-refractivity contribution in [3.05, 3.63) is 67.1 Å². The van der Waals surface area contributed by atoms with Gasteiger partial charge in [0.25, 0.3) is 0 Å². The molecule has 0 aliphatic rings. The van der Waals surface area contributed by atoms with Crippen molar-refractivity contribution >= 4 is 23.1 Å². The standard InChI is InChI=1S/C19H14N4O2/c24-12-22-14-2-1-3-15(10-14)25-18-11-17(13-4-7-20-8-5-13)23-19-16(18)6-9-21-19/h1-12H,(H,21,23)(H,22,24). The Balaban J connectivity index is 1.77. The van der Waals surface area contributed by atoms with Crippen molar-refractivity contribution in [2.75, 3.05) is 5.32 Å². The van der Waals surface area contributed by atoms with E-state index < -0.39 is 0 Å². The van der Waals surface area contributed by atoms with E-state index in [2.05, 4.69) is 20.3 Å². The summed E-state index contributed by atoms with van der Waals surface area (Å²) in [5.41, 5.74) is 3.15. The van der Waals surface area contributed by atoms with Crippen molar-refractivity contribution in [1.29, 1.82) is 0 Å². The summed E-state index contributed by atoms with van der Waals surface area (Å²) in [6, 6.07) is 14.8. The molecule has 0 unspecified atom stereocenters. The summed E-state index contributed by atoms with van der Waals surface area (Å²) >= 11 is 0. The molecular formula is C19H14N4O2. The van der Waals surface area contributed by atoms with Crippen LogP contribution in [0, 0.1) is 0 Å². The third-order valence-electron chi connectivity index (χ3n) is 3.75. The van der Waals surface area contributed by atoms with Crippen molar-refractivity contribution in [2.45, 2.75) is 0 Å². The number of aromatic nitrogens is 3. The van der Waals surface area contributed by atoms with Gasteiger partial charge in [-0.2, -0.15) is 0 Å². The van der Waals surface area contributed by atoms with Gasteiger partial charge in [0.15, 0.2) is 0 Å². The number of nitrogens with zero attached hydrogens (tertiary/aromatic N) is 2. The highest BCUT2D eigenvalue weighted by Gasteiger charge is 2.11. The van der Waals surface area contributed by atoms with Gasteiger partial charge < -0.3 is 15.0 Å². The highest BCUT2D eigenvalue weighted by atomic mass is 16.5. The van der Waals surface area contributed by atoms with E-state index in [4.69, 9.17) is 4.74 Å². The molecule has 6 heteroatoms. The van der Waals surface area contributed by atoms with Crippen molar-refractivity contribution in [2.24, 2.45) is 0 Å². The van der Waals surface area contributed by atoms with Crippen LogP contribution in [0.3, 0.4) is 0 Å². The Morgan fingerprint density at radius 2 is 1.96 bits per heavy atom. The number of anilines is 1. The number of rotatable bonds is 5. The largest absolute Gasteiger partial charge is 0.456 e. The topological polar surface area (TPSA) is 79.9 Å². The molecule has 1 amide bonds. The van der Waals surface area contributed by atoms with Gasteiger partial charge in [0.1, 0.15) is 17.1 Å². The average molecular weight is 330 g/mol. The van der Waals surface area contributed by atoms with Gasteiger partial charge in [0, 0.05) is 42.0 Å². The number of carbonyl (C=O) groups is 1. The number of ether oxygens (including phenoxy) is 1. The van der Waals surface area contributed by atoms with Crippen molar-refractivity contribution in [1.82, 2.24) is 15.0 Å². The molecule has 0 saturated carbocycles. The number of benzene rings is 1. The summed E-state index contributed by atoms with van der Waals surface area (Å²) in [5.74, 6) is 1.31. The van der Waals surface area contributed by atoms with Gasteiger partial charge in [-0.15, -0.1) is 0 Å². The first kappa shape index (κ1) is 14.9. The van der Waals surface area contributed by atoms with Crippen LogP contribution in [-0.4, -0.2) is 21.4 Å². The third-order valence-corrected chi connectivity index (χ3v) is 3.75. The van der Waals surface area contributed by atoms with E-state index in [1.807, 2.05) is 42.6 Å². The van der Waals surface area contributed by atoms with Crippen molar-refractivity contribution in [3.63, 3.8) is 0 Å². The molecule has 122 valence electrons. The number of pyridine rings is 2. The maximum absolute atomic E-state index is 10.6. The maximum Gasteiger partial charge on any atom is 0.211 e. The van der Waals surface area contributed by atoms with Gasteiger partial charge in [-0.25, -0.2) is 4.98 Å². The second-order valence-corrected chi connectivity index (χ2v) is 5.37. The predicted molar refractivity (Wildman–Crippen MR) is 95.5 cm³/mol. The fourth-order valence-corrected chi connectivity index (χ4v) is 2.61. The molecule has 0 radical (unpaired) electrons. The summed E-state index contributed by atoms with van der Waals surface area (Å²) in [4.78, 5) is 22.4. The second-order valence-electron chi connectivity index (χ2n) is 5.37. The molecule has 3 aromatic heterocycles. The predicted octanol–water partition coefficient (Wildman–Crippen LogP) is 3.99. The summed E-state index contributed by atoms with van der Waals surface area (Å²) in [6.07, 6.45) is 5.92. The van der Waals surface area contributed by atoms with Gasteiger partial charge in [0.2, 0.25) is 6.41 Å². The van der Waals surface area contributed by atoms with Gasteiger partial charge in [0.05, 0.1) is 11.1 Å². The molecule has 6 nitrogen and oxygen atoms in total. The Morgan fingerprint density at radius 1 is 1.08 bits per heavy atom. The first-order valence-electron chi connectivity index (χ1n) is 7.70. The first-order valence-corrected chi connectivity index (χ1v) is 7.70. The Labute approximate surface area is 143 Å². The molecule has 0 aliphatic carbocycles. The molecule has 0 fully saturated rings. The summed E-state index contributed by atoms with van der Waals surface area (Å²) in [5, 5.41) is 3.50. The summed E-state index contributed by atoms with van der Waals surface area (Å²) in [7, 11) is 0. The Morgan fingerprint density at radius 3 is 2.80 bits per heavy atom. The van der Waals surface area contributed by atoms with Gasteiger partial charge in [-0.3, -0.25) is 9.78 Å². The molecule has 0 aliphatic heterocycles. The van der Waals surface area contributed by atoms with E-state index in [-0.39, 0.29) is 0 Å². The maximum atomic E-state index is 10.6. The first-order chi connectivity index (χ1) is 12.3. The lowest BCUT2D eigenvalue weighted by Crippen LogP contribution is -1.94. The second kappa shape index (κ2) is 6.45. The lowest BCUT2D eigenvalue weighted by Gasteiger charge is -2.10. The molecule has 25 heavy (non-hydrogen) atoms. The van der Waals surface area contributed by atoms with Crippen LogP contribution >= 0.6 is 0 Å². The number of hydrogen-bond donors (Lipinski definition) is 2. The normalized spacial score (nSPS) is 10.6. The highest BCUT2D eigenvalue weighted by molar-refractivity contribution is 5.86. The quantitative estimate of drug-likeness (QED) is 0.542. The molecule has 1 aromatic carbocycles. The fourth-order valence-electron chi connectivity index (χ4n) is 2.61. The monoisotopic (exact) mass is 330 g/mol. The smallest absolute Gasteiger partial charge is 0.211 e. The summed E-state index contributed by atoms with van der Waals surface area (Å²) < 4.78 is 6.07. The number of aromatic amines is 1. The minimum absolute atomic E-state index is 0.626. The van der Waals surface area contributed by atoms with Crippen LogP contribution in [-0.2, 0) is 4.79 Å². The van der Waals surface area contributed by atoms with Gasteiger partial charge >= 0.3 is 0 Å². The molecular weight excluding hydrogens is 316 g/mol. The lowest BCUT2D eigenvalue weighted by molar-refractivity contribution is -0.105. The zero-order valence-electron chi connectivity index (χ0n) is 13.1. The fraction of sp³-hybridized carbons (Fsp3) is 0. The number of hydrogen-bond acceptors (Lipinski definition) is 4. The SMILES string of the molecule is O=CNc1cccc(Oc2cc(-c3ccncc3)nc3[nH]ccc23)c1. The number of amides is 1. The van der Waals surface area contributed by atoms with E-state index >= 15 is 0 Å². The molecule has 4 rings (SSSR count). The molecule has 3 heterocycles. The van der Waals surface area contributed by atoms with Crippen LogP contribution in [0.2, 0.25) is 0 Å². The number of fused-ring (bicyclic) bond motifs is 1. The lowest BCUT2D eigenvalue weighted by atomic mass is 10.1. The Kier molecular flexibility index (Phi) is 3.84. The Bertz CT molecular complexity index is 1030. The zero-order chi connectivity index (χ0) is 17.1. The van der Waals surface area contributed by atoms with Crippen LogP contribution in [0.25, 0.3) is 22.3 Å². The van der Waals surface area contributed by atoms with Crippen LogP contribution in [0.5, 0.6) is 11.5 Å². The molecule has 0 bridgehead atoms. The number of nitrogens with one attached hydrogen (secondary N) is 2. The Hall–Kier alpha value is -3.67. The summed E-state index contributed by atoms with van der Waals surface area (Å²) in [6.45, 7) is 0. The van der Waals surface area contributed by atoms with Crippen LogP contribution in [0.4, 0.5) is 5.69 Å². The molecule has 2 N–H and O–H groups in total. The van der Waals surface area contributed by atoms with Gasteiger partial charge in [-0.05, 0) is 30.3 Å². The van der Waals surface area contributed by atoms with Crippen molar-refractivity contribution < 1.29 is 9.53 Å². The molecule has 4 aromatic rings. The van der Waals surface area contributed by atoms with E-state index in [0.29, 0.717) is 23.6 Å². The van der Waals surface area contributed by atoms with Crippen LogP contribution < -0.4 is 10.1 Å². The average Bonchev–Trinajstić information content (AvgIpc) is 3.12. The third kappa shape index (κ3) is 3.05. The van der Waals surface area contributed by atoms with Crippen molar-refractivity contribution in [3.8, 4) is 22.8 Å². The minimum Gasteiger partial charge on any atom is -0.456 e. The zero-order valence-corrected chi connectivity index (χ0v) is 13.1. The minimum atomic E-state index is 0.626. The molecule has 0 spiro atoms. The molecule has 0 saturated heterocycles. The number of carbonyl (C=O) groups excluding carboxylic acids is 1. The van der Waals surface area contributed by atoms with Crippen LogP contribution in [0.1, 0.15) is 0 Å².